The first-order valence-corrected chi connectivity index (χ1v) is 6.90. The second kappa shape index (κ2) is 5.95. The summed E-state index contributed by atoms with van der Waals surface area (Å²) in [4.78, 5) is 11.5. The maximum atomic E-state index is 12.8. The van der Waals surface area contributed by atoms with Gasteiger partial charge in [-0.3, -0.25) is 4.79 Å². The van der Waals surface area contributed by atoms with Crippen molar-refractivity contribution in [2.24, 2.45) is 5.92 Å². The minimum Gasteiger partial charge on any atom is -0.486 e. The van der Waals surface area contributed by atoms with Crippen LogP contribution in [0.1, 0.15) is 24.4 Å². The topological polar surface area (TPSA) is 39.4 Å². The average Bonchev–Trinajstić information content (AvgIpc) is 3.24. The first-order valence-electron chi connectivity index (χ1n) is 6.90. The first-order chi connectivity index (χ1) is 10.2. The molecule has 0 aliphatic heterocycles. The number of hydrogen-bond acceptors (Lipinski definition) is 3. The second-order valence-corrected chi connectivity index (χ2v) is 5.06. The number of hydrogen-bond donors (Lipinski definition) is 0. The number of halogens is 1. The molecule has 21 heavy (non-hydrogen) atoms. The zero-order valence-electron chi connectivity index (χ0n) is 11.4. The summed E-state index contributed by atoms with van der Waals surface area (Å²) in [6, 6.07) is 9.40. The highest BCUT2D eigenvalue weighted by Crippen LogP contribution is 2.30. The number of carbonyl (C=O) groups excluding carboxylic acids is 1. The van der Waals surface area contributed by atoms with Gasteiger partial charge in [-0.2, -0.15) is 0 Å². The minimum absolute atomic E-state index is 0.163. The molecule has 1 aromatic carbocycles. The summed E-state index contributed by atoms with van der Waals surface area (Å²) in [6.07, 6.45) is 5.25. The van der Waals surface area contributed by atoms with Crippen LogP contribution in [0.5, 0.6) is 5.75 Å². The minimum atomic E-state index is -0.298. The van der Waals surface area contributed by atoms with Gasteiger partial charge in [0.05, 0.1) is 0 Å². The number of furan rings is 1. The molecule has 0 N–H and O–H groups in total. The van der Waals surface area contributed by atoms with E-state index in [4.69, 9.17) is 9.15 Å². The van der Waals surface area contributed by atoms with Crippen molar-refractivity contribution in [2.75, 3.05) is 0 Å². The molecule has 3 rings (SSSR count). The van der Waals surface area contributed by atoms with Crippen molar-refractivity contribution in [3.63, 3.8) is 0 Å². The Labute approximate surface area is 122 Å². The highest BCUT2D eigenvalue weighted by atomic mass is 19.1. The molecular weight excluding hydrogens is 271 g/mol. The number of ether oxygens (including phenoxy) is 1. The van der Waals surface area contributed by atoms with Crippen LogP contribution in [0.25, 0.3) is 6.08 Å². The molecule has 1 aromatic heterocycles. The van der Waals surface area contributed by atoms with Gasteiger partial charge in [-0.15, -0.1) is 0 Å². The van der Waals surface area contributed by atoms with Crippen molar-refractivity contribution >= 4 is 11.9 Å². The highest BCUT2D eigenvalue weighted by Gasteiger charge is 2.27. The van der Waals surface area contributed by atoms with Crippen LogP contribution in [0.15, 0.2) is 46.9 Å². The first kappa shape index (κ1) is 13.6. The van der Waals surface area contributed by atoms with Crippen LogP contribution in [0.4, 0.5) is 4.39 Å². The fourth-order valence-electron chi connectivity index (χ4n) is 1.92. The lowest BCUT2D eigenvalue weighted by atomic mass is 10.2. The van der Waals surface area contributed by atoms with Gasteiger partial charge in [-0.05, 0) is 61.4 Å². The third-order valence-corrected chi connectivity index (χ3v) is 3.27. The van der Waals surface area contributed by atoms with E-state index in [1.165, 1.54) is 12.1 Å². The molecular formula is C17H15FO3. The molecule has 0 spiro atoms. The van der Waals surface area contributed by atoms with Crippen molar-refractivity contribution < 1.29 is 18.3 Å². The zero-order chi connectivity index (χ0) is 14.7. The Bertz CT molecular complexity index is 651. The lowest BCUT2D eigenvalue weighted by molar-refractivity contribution is -0.115. The molecule has 108 valence electrons. The van der Waals surface area contributed by atoms with Crippen molar-refractivity contribution in [2.45, 2.75) is 19.4 Å². The van der Waals surface area contributed by atoms with Gasteiger partial charge in [0.25, 0.3) is 0 Å². The van der Waals surface area contributed by atoms with Crippen molar-refractivity contribution in [1.29, 1.82) is 0 Å². The monoisotopic (exact) mass is 286 g/mol. The molecule has 1 saturated carbocycles. The van der Waals surface area contributed by atoms with E-state index >= 15 is 0 Å². The molecule has 1 aliphatic carbocycles. The summed E-state index contributed by atoms with van der Waals surface area (Å²) >= 11 is 0. The molecule has 0 bridgehead atoms. The summed E-state index contributed by atoms with van der Waals surface area (Å²) in [6.45, 7) is 0.260. The summed E-state index contributed by atoms with van der Waals surface area (Å²) in [7, 11) is 0. The van der Waals surface area contributed by atoms with E-state index < -0.39 is 0 Å². The average molecular weight is 286 g/mol. The largest absolute Gasteiger partial charge is 0.486 e. The number of rotatable bonds is 6. The number of ketones is 1. The van der Waals surface area contributed by atoms with Crippen molar-refractivity contribution in [1.82, 2.24) is 0 Å². The van der Waals surface area contributed by atoms with Gasteiger partial charge in [0.15, 0.2) is 5.78 Å². The summed E-state index contributed by atoms with van der Waals surface area (Å²) in [5, 5.41) is 0. The Morgan fingerprint density at radius 2 is 2.00 bits per heavy atom. The Balaban J connectivity index is 1.54. The van der Waals surface area contributed by atoms with Gasteiger partial charge in [0, 0.05) is 5.92 Å². The van der Waals surface area contributed by atoms with Crippen molar-refractivity contribution in [3.05, 3.63) is 59.8 Å². The van der Waals surface area contributed by atoms with Crippen LogP contribution in [0, 0.1) is 11.7 Å². The molecule has 2 aromatic rings. The fourth-order valence-corrected chi connectivity index (χ4v) is 1.92. The predicted molar refractivity (Wildman–Crippen MR) is 76.2 cm³/mol. The molecule has 0 amide bonds. The quantitative estimate of drug-likeness (QED) is 0.754. The van der Waals surface area contributed by atoms with Gasteiger partial charge < -0.3 is 9.15 Å². The highest BCUT2D eigenvalue weighted by molar-refractivity contribution is 5.96. The van der Waals surface area contributed by atoms with E-state index in [1.54, 1.807) is 36.4 Å². The molecule has 3 nitrogen and oxygen atoms in total. The van der Waals surface area contributed by atoms with Gasteiger partial charge in [0.1, 0.15) is 29.7 Å². The summed E-state index contributed by atoms with van der Waals surface area (Å²) in [5.41, 5.74) is 0. The number of benzene rings is 1. The van der Waals surface area contributed by atoms with E-state index in [-0.39, 0.29) is 24.1 Å². The number of allylic oxidation sites excluding steroid dienone is 1. The molecule has 0 radical (unpaired) electrons. The Morgan fingerprint density at radius 3 is 2.71 bits per heavy atom. The molecule has 1 heterocycles. The van der Waals surface area contributed by atoms with Gasteiger partial charge in [-0.1, -0.05) is 0 Å². The third-order valence-electron chi connectivity index (χ3n) is 3.27. The van der Waals surface area contributed by atoms with Gasteiger partial charge in [-0.25, -0.2) is 4.39 Å². The van der Waals surface area contributed by atoms with E-state index in [0.29, 0.717) is 17.3 Å². The van der Waals surface area contributed by atoms with Crippen LogP contribution in [0.2, 0.25) is 0 Å². The number of carbonyl (C=O) groups is 1. The Kier molecular flexibility index (Phi) is 3.86. The third kappa shape index (κ3) is 3.81. The zero-order valence-corrected chi connectivity index (χ0v) is 11.4. The maximum absolute atomic E-state index is 12.8. The normalized spacial score (nSPS) is 14.5. The second-order valence-electron chi connectivity index (χ2n) is 5.06. The fraction of sp³-hybridized carbons (Fsp3) is 0.235. The van der Waals surface area contributed by atoms with Crippen LogP contribution in [-0.2, 0) is 11.4 Å². The van der Waals surface area contributed by atoms with Crippen LogP contribution < -0.4 is 4.74 Å². The molecule has 0 unspecified atom stereocenters. The maximum Gasteiger partial charge on any atom is 0.158 e. The van der Waals surface area contributed by atoms with E-state index in [2.05, 4.69) is 0 Å². The molecule has 0 saturated heterocycles. The SMILES string of the molecule is O=C(/C=C/c1ccc(COc2ccc(F)cc2)o1)C1CC1. The molecule has 1 aliphatic rings. The van der Waals surface area contributed by atoms with E-state index in [1.807, 2.05) is 0 Å². The summed E-state index contributed by atoms with van der Waals surface area (Å²) in [5.74, 6) is 1.94. The van der Waals surface area contributed by atoms with Crippen LogP contribution >= 0.6 is 0 Å². The van der Waals surface area contributed by atoms with Crippen molar-refractivity contribution in [3.8, 4) is 5.75 Å². The molecule has 4 heteroatoms. The lowest BCUT2D eigenvalue weighted by Gasteiger charge is -2.03. The van der Waals surface area contributed by atoms with Gasteiger partial charge in [0.2, 0.25) is 0 Å². The Hall–Kier alpha value is -2.36. The molecule has 1 fully saturated rings. The van der Waals surface area contributed by atoms with Gasteiger partial charge >= 0.3 is 0 Å². The lowest BCUT2D eigenvalue weighted by Crippen LogP contribution is -1.93. The van der Waals surface area contributed by atoms with Crippen LogP contribution in [0.3, 0.4) is 0 Å². The smallest absolute Gasteiger partial charge is 0.158 e. The predicted octanol–water partition coefficient (Wildman–Crippen LogP) is 3.99. The Morgan fingerprint density at radius 1 is 1.24 bits per heavy atom. The summed E-state index contributed by atoms with van der Waals surface area (Å²) < 4.78 is 23.8. The van der Waals surface area contributed by atoms with Crippen LogP contribution in [-0.4, -0.2) is 5.78 Å². The molecule has 0 atom stereocenters. The standard InChI is InChI=1S/C17H15FO3/c18-13-3-5-14(6-4-13)20-11-16-8-7-15(21-16)9-10-17(19)12-1-2-12/h3-10,12H,1-2,11H2/b10-9+. The van der Waals surface area contributed by atoms with E-state index in [0.717, 1.165) is 12.8 Å². The van der Waals surface area contributed by atoms with E-state index in [9.17, 15) is 9.18 Å².